The fourth-order valence-corrected chi connectivity index (χ4v) is 2.26. The maximum atomic E-state index is 13.8. The predicted octanol–water partition coefficient (Wildman–Crippen LogP) is 3.11. The Morgan fingerprint density at radius 1 is 1.28 bits per heavy atom. The Hall–Kier alpha value is -1.23. The summed E-state index contributed by atoms with van der Waals surface area (Å²) >= 11 is 0. The van der Waals surface area contributed by atoms with Crippen molar-refractivity contribution in [1.29, 1.82) is 0 Å². The number of piperidine rings is 1. The first-order chi connectivity index (χ1) is 8.41. The fourth-order valence-electron chi connectivity index (χ4n) is 2.26. The standard InChI is InChI=1S/C13H16F3NO/c1-9(18)10-3-2-4-11(14)12(10)17-7-5-13(15,16)6-8-17/h2-4,9,18H,5-8H2,1H3. The molecule has 1 N–H and O–H groups in total. The van der Waals surface area contributed by atoms with Crippen molar-refractivity contribution in [3.05, 3.63) is 29.6 Å². The molecule has 2 rings (SSSR count). The van der Waals surface area contributed by atoms with E-state index in [0.29, 0.717) is 5.56 Å². The lowest BCUT2D eigenvalue weighted by molar-refractivity contribution is -0.0222. The van der Waals surface area contributed by atoms with Crippen LogP contribution in [0.4, 0.5) is 18.9 Å². The highest BCUT2D eigenvalue weighted by Gasteiger charge is 2.35. The molecule has 2 nitrogen and oxygen atoms in total. The summed E-state index contributed by atoms with van der Waals surface area (Å²) < 4.78 is 40.0. The minimum absolute atomic E-state index is 0.105. The van der Waals surface area contributed by atoms with Crippen LogP contribution >= 0.6 is 0 Å². The molecule has 1 aromatic rings. The molecule has 18 heavy (non-hydrogen) atoms. The summed E-state index contributed by atoms with van der Waals surface area (Å²) in [6.45, 7) is 1.75. The Balaban J connectivity index is 2.28. The summed E-state index contributed by atoms with van der Waals surface area (Å²) in [5, 5.41) is 9.62. The van der Waals surface area contributed by atoms with Gasteiger partial charge in [-0.1, -0.05) is 12.1 Å². The van der Waals surface area contributed by atoms with E-state index >= 15 is 0 Å². The van der Waals surface area contributed by atoms with Crippen LogP contribution < -0.4 is 4.90 Å². The van der Waals surface area contributed by atoms with Crippen molar-refractivity contribution in [2.24, 2.45) is 0 Å². The van der Waals surface area contributed by atoms with Crippen molar-refractivity contribution in [2.75, 3.05) is 18.0 Å². The molecule has 100 valence electrons. The second-order valence-corrected chi connectivity index (χ2v) is 4.70. The van der Waals surface area contributed by atoms with E-state index in [4.69, 9.17) is 0 Å². The number of nitrogens with zero attached hydrogens (tertiary/aromatic N) is 1. The highest BCUT2D eigenvalue weighted by atomic mass is 19.3. The van der Waals surface area contributed by atoms with Crippen LogP contribution in [-0.4, -0.2) is 24.1 Å². The van der Waals surface area contributed by atoms with E-state index in [1.54, 1.807) is 11.0 Å². The van der Waals surface area contributed by atoms with Gasteiger partial charge in [0.15, 0.2) is 0 Å². The molecule has 0 saturated carbocycles. The van der Waals surface area contributed by atoms with Gasteiger partial charge in [0.25, 0.3) is 5.92 Å². The Morgan fingerprint density at radius 3 is 2.44 bits per heavy atom. The van der Waals surface area contributed by atoms with E-state index in [2.05, 4.69) is 0 Å². The minimum Gasteiger partial charge on any atom is -0.389 e. The zero-order chi connectivity index (χ0) is 13.3. The monoisotopic (exact) mass is 259 g/mol. The van der Waals surface area contributed by atoms with E-state index in [-0.39, 0.29) is 31.6 Å². The smallest absolute Gasteiger partial charge is 0.251 e. The summed E-state index contributed by atoms with van der Waals surface area (Å²) in [6.07, 6.45) is -1.38. The summed E-state index contributed by atoms with van der Waals surface area (Å²) in [7, 11) is 0. The van der Waals surface area contributed by atoms with Crippen LogP contribution in [0.3, 0.4) is 0 Å². The number of anilines is 1. The molecule has 1 aliphatic heterocycles. The molecular formula is C13H16F3NO. The van der Waals surface area contributed by atoms with Gasteiger partial charge in [-0.05, 0) is 13.0 Å². The fraction of sp³-hybridized carbons (Fsp3) is 0.538. The third-order valence-electron chi connectivity index (χ3n) is 3.28. The van der Waals surface area contributed by atoms with E-state index in [9.17, 15) is 18.3 Å². The zero-order valence-electron chi connectivity index (χ0n) is 10.2. The molecule has 1 unspecified atom stereocenters. The van der Waals surface area contributed by atoms with Gasteiger partial charge in [0.2, 0.25) is 0 Å². The van der Waals surface area contributed by atoms with E-state index in [1.165, 1.54) is 19.1 Å². The molecule has 1 aliphatic rings. The number of hydrogen-bond donors (Lipinski definition) is 1. The molecule has 1 aromatic carbocycles. The van der Waals surface area contributed by atoms with Crippen molar-refractivity contribution in [2.45, 2.75) is 31.8 Å². The number of benzene rings is 1. The lowest BCUT2D eigenvalue weighted by Gasteiger charge is -2.35. The van der Waals surface area contributed by atoms with Gasteiger partial charge in [-0.25, -0.2) is 13.2 Å². The lowest BCUT2D eigenvalue weighted by atomic mass is 10.0. The lowest BCUT2D eigenvalue weighted by Crippen LogP contribution is -2.40. The number of aliphatic hydroxyl groups excluding tert-OH is 1. The van der Waals surface area contributed by atoms with Gasteiger partial charge in [-0.15, -0.1) is 0 Å². The average molecular weight is 259 g/mol. The van der Waals surface area contributed by atoms with E-state index < -0.39 is 17.8 Å². The zero-order valence-corrected chi connectivity index (χ0v) is 10.2. The van der Waals surface area contributed by atoms with Gasteiger partial charge < -0.3 is 10.0 Å². The van der Waals surface area contributed by atoms with Crippen LogP contribution in [0.5, 0.6) is 0 Å². The molecule has 0 bridgehead atoms. The van der Waals surface area contributed by atoms with Gasteiger partial charge in [0.1, 0.15) is 5.82 Å². The molecule has 0 aromatic heterocycles. The predicted molar refractivity (Wildman–Crippen MR) is 63.4 cm³/mol. The quantitative estimate of drug-likeness (QED) is 0.882. The van der Waals surface area contributed by atoms with Crippen LogP contribution in [0.2, 0.25) is 0 Å². The Kier molecular flexibility index (Phi) is 3.52. The van der Waals surface area contributed by atoms with Crippen LogP contribution in [-0.2, 0) is 0 Å². The summed E-state index contributed by atoms with van der Waals surface area (Å²) in [5.41, 5.74) is 0.697. The van der Waals surface area contributed by atoms with Crippen molar-refractivity contribution < 1.29 is 18.3 Å². The largest absolute Gasteiger partial charge is 0.389 e. The van der Waals surface area contributed by atoms with Crippen molar-refractivity contribution >= 4 is 5.69 Å². The SMILES string of the molecule is CC(O)c1cccc(F)c1N1CCC(F)(F)CC1. The number of hydrogen-bond acceptors (Lipinski definition) is 2. The molecular weight excluding hydrogens is 243 g/mol. The summed E-state index contributed by atoms with van der Waals surface area (Å²) in [5.74, 6) is -3.13. The number of aliphatic hydroxyl groups is 1. The minimum atomic E-state index is -2.66. The highest BCUT2D eigenvalue weighted by Crippen LogP contribution is 2.35. The normalized spacial score (nSPS) is 20.8. The summed E-state index contributed by atoms with van der Waals surface area (Å²) in [6, 6.07) is 4.42. The molecule has 1 atom stereocenters. The van der Waals surface area contributed by atoms with Crippen molar-refractivity contribution in [1.82, 2.24) is 0 Å². The van der Waals surface area contributed by atoms with Crippen LogP contribution in [0.1, 0.15) is 31.4 Å². The molecule has 1 heterocycles. The first kappa shape index (κ1) is 13.2. The molecule has 1 fully saturated rings. The second kappa shape index (κ2) is 4.80. The maximum Gasteiger partial charge on any atom is 0.251 e. The van der Waals surface area contributed by atoms with Gasteiger partial charge in [-0.3, -0.25) is 0 Å². The molecule has 1 saturated heterocycles. The molecule has 5 heteroatoms. The Bertz CT molecular complexity index is 424. The number of alkyl halides is 2. The average Bonchev–Trinajstić information content (AvgIpc) is 2.29. The molecule has 0 amide bonds. The first-order valence-electron chi connectivity index (χ1n) is 6.00. The van der Waals surface area contributed by atoms with Gasteiger partial charge in [-0.2, -0.15) is 0 Å². The van der Waals surface area contributed by atoms with Crippen LogP contribution in [0, 0.1) is 5.82 Å². The number of halogens is 3. The molecule has 0 aliphatic carbocycles. The van der Waals surface area contributed by atoms with Gasteiger partial charge in [0.05, 0.1) is 11.8 Å². The molecule has 0 spiro atoms. The maximum absolute atomic E-state index is 13.8. The van der Waals surface area contributed by atoms with Gasteiger partial charge >= 0.3 is 0 Å². The summed E-state index contributed by atoms with van der Waals surface area (Å²) in [4.78, 5) is 1.59. The van der Waals surface area contributed by atoms with Crippen LogP contribution in [0.25, 0.3) is 0 Å². The number of rotatable bonds is 2. The van der Waals surface area contributed by atoms with E-state index in [1.807, 2.05) is 0 Å². The van der Waals surface area contributed by atoms with E-state index in [0.717, 1.165) is 0 Å². The highest BCUT2D eigenvalue weighted by molar-refractivity contribution is 5.56. The Labute approximate surface area is 104 Å². The first-order valence-corrected chi connectivity index (χ1v) is 6.00. The second-order valence-electron chi connectivity index (χ2n) is 4.70. The third kappa shape index (κ3) is 2.61. The Morgan fingerprint density at radius 2 is 1.89 bits per heavy atom. The number of para-hydroxylation sites is 1. The topological polar surface area (TPSA) is 23.5 Å². The van der Waals surface area contributed by atoms with Crippen molar-refractivity contribution in [3.63, 3.8) is 0 Å². The van der Waals surface area contributed by atoms with Crippen LogP contribution in [0.15, 0.2) is 18.2 Å². The molecule has 0 radical (unpaired) electrons. The third-order valence-corrected chi connectivity index (χ3v) is 3.28. The van der Waals surface area contributed by atoms with Gasteiger partial charge in [0, 0.05) is 31.5 Å². The van der Waals surface area contributed by atoms with Crippen molar-refractivity contribution in [3.8, 4) is 0 Å².